The molecule has 0 saturated carbocycles. The van der Waals surface area contributed by atoms with E-state index in [1.807, 2.05) is 0 Å². The molecule has 1 heterocycles. The zero-order chi connectivity index (χ0) is 10.7. The fraction of sp³-hybridized carbons (Fsp3) is 0.250. The number of rotatable bonds is 2. The number of aromatic nitrogens is 1. The third-order valence-electron chi connectivity index (χ3n) is 1.59. The van der Waals surface area contributed by atoms with Gasteiger partial charge in [-0.3, -0.25) is 4.98 Å². The number of hydrogen-bond acceptors (Lipinski definition) is 2. The molecule has 14 heavy (non-hydrogen) atoms. The Bertz CT molecular complexity index is 390. The van der Waals surface area contributed by atoms with Crippen LogP contribution in [0.5, 0.6) is 0 Å². The van der Waals surface area contributed by atoms with Gasteiger partial charge in [-0.2, -0.15) is 5.26 Å². The lowest BCUT2D eigenvalue weighted by atomic mass is 10.1. The molecule has 1 aromatic heterocycles. The molecule has 0 aliphatic heterocycles. The molecule has 6 heteroatoms. The van der Waals surface area contributed by atoms with Crippen LogP contribution in [0.25, 0.3) is 0 Å². The molecule has 0 unspecified atom stereocenters. The van der Waals surface area contributed by atoms with E-state index in [0.29, 0.717) is 11.0 Å². The summed E-state index contributed by atoms with van der Waals surface area (Å²) in [5.41, 5.74) is -0.249. The van der Waals surface area contributed by atoms with Gasteiger partial charge in [0.25, 0.3) is 6.43 Å². The van der Waals surface area contributed by atoms with Gasteiger partial charge in [0.15, 0.2) is 0 Å². The van der Waals surface area contributed by atoms with Gasteiger partial charge in [-0.15, -0.1) is 0 Å². The molecule has 0 saturated heterocycles. The minimum Gasteiger partial charge on any atom is -0.258 e. The van der Waals surface area contributed by atoms with Crippen LogP contribution in [0.1, 0.15) is 23.2 Å². The molecular weight excluding hydrogens is 277 g/mol. The third kappa shape index (κ3) is 2.02. The van der Waals surface area contributed by atoms with Gasteiger partial charge in [-0.1, -0.05) is 27.5 Å². The minimum atomic E-state index is -2.74. The number of alkyl halides is 3. The van der Waals surface area contributed by atoms with Gasteiger partial charge in [-0.05, 0) is 0 Å². The molecule has 0 radical (unpaired) electrons. The van der Waals surface area contributed by atoms with Crippen molar-refractivity contribution in [1.29, 1.82) is 5.26 Å². The third-order valence-corrected chi connectivity index (χ3v) is 2.53. The first-order valence-corrected chi connectivity index (χ1v) is 5.03. The van der Waals surface area contributed by atoms with Crippen molar-refractivity contribution in [1.82, 2.24) is 4.98 Å². The molecule has 1 rings (SSSR count). The van der Waals surface area contributed by atoms with Crippen molar-refractivity contribution < 1.29 is 8.78 Å². The van der Waals surface area contributed by atoms with Gasteiger partial charge < -0.3 is 0 Å². The molecular formula is C8H4BrClF2N2. The lowest BCUT2D eigenvalue weighted by Crippen LogP contribution is -1.97. The van der Waals surface area contributed by atoms with Gasteiger partial charge >= 0.3 is 0 Å². The van der Waals surface area contributed by atoms with Crippen LogP contribution in [0.2, 0.25) is 5.02 Å². The van der Waals surface area contributed by atoms with Crippen LogP contribution in [0, 0.1) is 11.3 Å². The van der Waals surface area contributed by atoms with E-state index in [1.165, 1.54) is 0 Å². The predicted molar refractivity (Wildman–Crippen MR) is 51.6 cm³/mol. The van der Waals surface area contributed by atoms with Crippen LogP contribution in [-0.2, 0) is 5.33 Å². The van der Waals surface area contributed by atoms with Crippen LogP contribution in [0.3, 0.4) is 0 Å². The zero-order valence-electron chi connectivity index (χ0n) is 6.77. The van der Waals surface area contributed by atoms with E-state index in [9.17, 15) is 8.78 Å². The van der Waals surface area contributed by atoms with E-state index in [2.05, 4.69) is 20.9 Å². The highest BCUT2D eigenvalue weighted by molar-refractivity contribution is 9.08. The Morgan fingerprint density at radius 3 is 2.71 bits per heavy atom. The summed E-state index contributed by atoms with van der Waals surface area (Å²) in [7, 11) is 0. The monoisotopic (exact) mass is 280 g/mol. The first-order chi connectivity index (χ1) is 6.61. The summed E-state index contributed by atoms with van der Waals surface area (Å²) >= 11 is 8.80. The fourth-order valence-electron chi connectivity index (χ4n) is 0.912. The summed E-state index contributed by atoms with van der Waals surface area (Å²) in [5.74, 6) is 0. The molecule has 0 atom stereocenters. The van der Waals surface area contributed by atoms with E-state index < -0.39 is 12.0 Å². The Hall–Kier alpha value is -0.730. The van der Waals surface area contributed by atoms with Crippen LogP contribution in [0.15, 0.2) is 6.20 Å². The van der Waals surface area contributed by atoms with Crippen molar-refractivity contribution in [2.24, 2.45) is 0 Å². The topological polar surface area (TPSA) is 36.7 Å². The number of halogens is 4. The summed E-state index contributed by atoms with van der Waals surface area (Å²) in [5, 5.41) is 8.97. The van der Waals surface area contributed by atoms with E-state index in [-0.39, 0.29) is 10.6 Å². The van der Waals surface area contributed by atoms with Crippen molar-refractivity contribution in [3.63, 3.8) is 0 Å². The summed E-state index contributed by atoms with van der Waals surface area (Å²) in [6.07, 6.45) is -1.76. The van der Waals surface area contributed by atoms with Gasteiger partial charge in [0.2, 0.25) is 0 Å². The Kier molecular flexibility index (Phi) is 3.78. The minimum absolute atomic E-state index is 0.0119. The molecule has 0 fully saturated rings. The largest absolute Gasteiger partial charge is 0.266 e. The van der Waals surface area contributed by atoms with Crippen LogP contribution >= 0.6 is 27.5 Å². The van der Waals surface area contributed by atoms with Crippen molar-refractivity contribution in [2.75, 3.05) is 0 Å². The van der Waals surface area contributed by atoms with Crippen LogP contribution in [-0.4, -0.2) is 4.98 Å². The molecule has 0 spiro atoms. The maximum atomic E-state index is 12.4. The van der Waals surface area contributed by atoms with E-state index in [0.717, 1.165) is 6.20 Å². The second kappa shape index (κ2) is 4.67. The highest BCUT2D eigenvalue weighted by Gasteiger charge is 2.18. The van der Waals surface area contributed by atoms with Crippen LogP contribution in [0.4, 0.5) is 8.78 Å². The first kappa shape index (κ1) is 11.3. The van der Waals surface area contributed by atoms with Crippen molar-refractivity contribution in [2.45, 2.75) is 11.8 Å². The number of nitriles is 1. The highest BCUT2D eigenvalue weighted by Crippen LogP contribution is 2.29. The summed E-state index contributed by atoms with van der Waals surface area (Å²) in [6, 6.07) is 1.65. The normalized spacial score (nSPS) is 10.3. The van der Waals surface area contributed by atoms with E-state index >= 15 is 0 Å². The second-order valence-electron chi connectivity index (χ2n) is 2.40. The number of nitrogens with zero attached hydrogens (tertiary/aromatic N) is 2. The lowest BCUT2D eigenvalue weighted by Gasteiger charge is -2.06. The Balaban J connectivity index is 3.38. The summed E-state index contributed by atoms with van der Waals surface area (Å²) < 4.78 is 24.7. The SMILES string of the molecule is N#Cc1c(C(F)F)cnc(CBr)c1Cl. The standard InChI is InChI=1S/C8H4BrClF2N2/c9-1-6-7(10)4(2-13)5(3-14-6)8(11)12/h3,8H,1H2. The van der Waals surface area contributed by atoms with Crippen molar-refractivity contribution in [3.8, 4) is 6.07 Å². The van der Waals surface area contributed by atoms with E-state index in [1.54, 1.807) is 6.07 Å². The average Bonchev–Trinajstić information content (AvgIpc) is 2.17. The summed E-state index contributed by atoms with van der Waals surface area (Å²) in [4.78, 5) is 3.72. The number of pyridine rings is 1. The predicted octanol–water partition coefficient (Wildman–Crippen LogP) is 3.44. The molecule has 1 aromatic rings. The molecule has 0 aliphatic carbocycles. The highest BCUT2D eigenvalue weighted by atomic mass is 79.9. The van der Waals surface area contributed by atoms with Crippen molar-refractivity contribution >= 4 is 27.5 Å². The fourth-order valence-corrected chi connectivity index (χ4v) is 1.77. The lowest BCUT2D eigenvalue weighted by molar-refractivity contribution is 0.150. The van der Waals surface area contributed by atoms with Crippen molar-refractivity contribution in [3.05, 3.63) is 28.0 Å². The maximum Gasteiger partial charge on any atom is 0.266 e. The first-order valence-electron chi connectivity index (χ1n) is 3.53. The number of hydrogen-bond donors (Lipinski definition) is 0. The molecule has 2 nitrogen and oxygen atoms in total. The average molecular weight is 281 g/mol. The van der Waals surface area contributed by atoms with Gasteiger partial charge in [0, 0.05) is 11.5 Å². The molecule has 0 bridgehead atoms. The Labute approximate surface area is 92.6 Å². The van der Waals surface area contributed by atoms with Gasteiger partial charge in [0.05, 0.1) is 21.8 Å². The molecule has 0 aromatic carbocycles. The Morgan fingerprint density at radius 1 is 1.64 bits per heavy atom. The second-order valence-corrected chi connectivity index (χ2v) is 3.33. The molecule has 0 aliphatic rings. The molecule has 0 N–H and O–H groups in total. The van der Waals surface area contributed by atoms with Gasteiger partial charge in [0.1, 0.15) is 6.07 Å². The Morgan fingerprint density at radius 2 is 2.29 bits per heavy atom. The van der Waals surface area contributed by atoms with E-state index in [4.69, 9.17) is 16.9 Å². The smallest absolute Gasteiger partial charge is 0.258 e. The zero-order valence-corrected chi connectivity index (χ0v) is 9.11. The summed E-state index contributed by atoms with van der Waals surface area (Å²) in [6.45, 7) is 0. The van der Waals surface area contributed by atoms with Crippen LogP contribution < -0.4 is 0 Å². The molecule has 0 amide bonds. The quantitative estimate of drug-likeness (QED) is 0.779. The maximum absolute atomic E-state index is 12.4. The molecule has 74 valence electrons. The van der Waals surface area contributed by atoms with Gasteiger partial charge in [-0.25, -0.2) is 8.78 Å².